The molecule has 3 atom stereocenters. The van der Waals surface area contributed by atoms with Gasteiger partial charge in [-0.1, -0.05) is 43.2 Å². The van der Waals surface area contributed by atoms with Crippen LogP contribution in [0.5, 0.6) is 0 Å². The number of hydrazine groups is 1. The lowest BCUT2D eigenvalue weighted by molar-refractivity contribution is -0.138. The molecule has 9 heteroatoms. The van der Waals surface area contributed by atoms with Gasteiger partial charge in [0.1, 0.15) is 6.54 Å². The Morgan fingerprint density at radius 1 is 1.09 bits per heavy atom. The third-order valence-electron chi connectivity index (χ3n) is 6.62. The van der Waals surface area contributed by atoms with Crippen LogP contribution < -0.4 is 16.2 Å². The zero-order valence-corrected chi connectivity index (χ0v) is 18.0. The predicted octanol–water partition coefficient (Wildman–Crippen LogP) is 2.86. The highest BCUT2D eigenvalue weighted by Gasteiger charge is 2.40. The van der Waals surface area contributed by atoms with Gasteiger partial charge in [0, 0.05) is 17.0 Å². The minimum absolute atomic E-state index is 0.0356. The summed E-state index contributed by atoms with van der Waals surface area (Å²) >= 11 is 0. The second-order valence-corrected chi connectivity index (χ2v) is 8.66. The van der Waals surface area contributed by atoms with Crippen molar-refractivity contribution in [2.45, 2.75) is 38.3 Å². The van der Waals surface area contributed by atoms with Crippen molar-refractivity contribution in [1.82, 2.24) is 20.6 Å². The van der Waals surface area contributed by atoms with E-state index in [1.807, 2.05) is 24.3 Å². The summed E-state index contributed by atoms with van der Waals surface area (Å²) in [5.74, 6) is -1.05. The van der Waals surface area contributed by atoms with Gasteiger partial charge in [-0.25, -0.2) is 5.43 Å². The van der Waals surface area contributed by atoms with Crippen LogP contribution >= 0.6 is 0 Å². The summed E-state index contributed by atoms with van der Waals surface area (Å²) in [5.41, 5.74) is 8.42. The summed E-state index contributed by atoms with van der Waals surface area (Å²) in [5, 5.41) is 16.8. The van der Waals surface area contributed by atoms with E-state index >= 15 is 0 Å². The van der Waals surface area contributed by atoms with E-state index in [-0.39, 0.29) is 36.0 Å². The van der Waals surface area contributed by atoms with Gasteiger partial charge in [-0.15, -0.1) is 0 Å². The van der Waals surface area contributed by atoms with Crippen molar-refractivity contribution in [3.8, 4) is 0 Å². The van der Waals surface area contributed by atoms with E-state index in [0.717, 1.165) is 31.2 Å². The number of para-hydroxylation sites is 1. The molecule has 2 aromatic carbocycles. The van der Waals surface area contributed by atoms with Gasteiger partial charge in [0.25, 0.3) is 5.91 Å². The lowest BCUT2D eigenvalue weighted by Gasteiger charge is -2.41. The highest BCUT2D eigenvalue weighted by molar-refractivity contribution is 6.11. The van der Waals surface area contributed by atoms with Crippen LogP contribution in [0.15, 0.2) is 48.5 Å². The number of hydrogen-bond donors (Lipinski definition) is 4. The fourth-order valence-corrected chi connectivity index (χ4v) is 5.07. The predicted molar refractivity (Wildman–Crippen MR) is 121 cm³/mol. The molecular weight excluding hydrogens is 422 g/mol. The number of nitrogens with one attached hydrogen (secondary N) is 3. The molecule has 3 aromatic rings. The van der Waals surface area contributed by atoms with Crippen LogP contribution in [0.4, 0.5) is 5.69 Å². The molecule has 9 nitrogen and oxygen atoms in total. The molecule has 1 saturated carbocycles. The minimum Gasteiger partial charge on any atom is -0.480 e. The molecule has 1 aliphatic carbocycles. The van der Waals surface area contributed by atoms with Crippen molar-refractivity contribution in [3.63, 3.8) is 0 Å². The van der Waals surface area contributed by atoms with Gasteiger partial charge in [0.2, 0.25) is 5.91 Å². The fourth-order valence-electron chi connectivity index (χ4n) is 5.07. The number of nitrogens with zero attached hydrogens (tertiary/aromatic N) is 2. The number of carbonyl (C=O) groups excluding carboxylic acids is 2. The van der Waals surface area contributed by atoms with Crippen molar-refractivity contribution in [2.75, 3.05) is 5.32 Å². The number of fused-ring (bicyclic) bond motifs is 2. The topological polar surface area (TPSA) is 125 Å². The quantitative estimate of drug-likeness (QED) is 0.477. The molecule has 4 N–H and O–H groups in total. The average molecular weight is 447 g/mol. The Bertz CT molecular complexity index is 1220. The first-order valence-electron chi connectivity index (χ1n) is 11.2. The van der Waals surface area contributed by atoms with Crippen LogP contribution in [-0.4, -0.2) is 32.7 Å². The zero-order chi connectivity index (χ0) is 22.9. The van der Waals surface area contributed by atoms with Crippen LogP contribution in [0.3, 0.4) is 0 Å². The SMILES string of the molecule is O=C(O)Cn1nc(C(=O)Nc2ccc(C3NNC(=O)C4CCCCC43)cc2)c2ccccc21. The van der Waals surface area contributed by atoms with Gasteiger partial charge in [0.05, 0.1) is 11.6 Å². The Morgan fingerprint density at radius 2 is 1.85 bits per heavy atom. The summed E-state index contributed by atoms with van der Waals surface area (Å²) in [6.45, 7) is -0.324. The molecule has 2 fully saturated rings. The third-order valence-corrected chi connectivity index (χ3v) is 6.62. The molecule has 0 spiro atoms. The van der Waals surface area contributed by atoms with E-state index in [9.17, 15) is 14.4 Å². The van der Waals surface area contributed by atoms with Crippen LogP contribution in [0.25, 0.3) is 10.9 Å². The monoisotopic (exact) mass is 447 g/mol. The first-order valence-corrected chi connectivity index (χ1v) is 11.2. The summed E-state index contributed by atoms with van der Waals surface area (Å²) in [6, 6.07) is 14.7. The Hall–Kier alpha value is -3.72. The lowest BCUT2D eigenvalue weighted by atomic mass is 9.72. The van der Waals surface area contributed by atoms with Crippen LogP contribution in [0.1, 0.15) is 47.8 Å². The van der Waals surface area contributed by atoms with E-state index in [4.69, 9.17) is 5.11 Å². The van der Waals surface area contributed by atoms with Gasteiger partial charge in [-0.2, -0.15) is 5.10 Å². The first kappa shape index (κ1) is 21.1. The molecule has 1 aliphatic heterocycles. The molecular formula is C24H25N5O4. The number of rotatable bonds is 5. The normalized spacial score (nSPS) is 22.4. The maximum absolute atomic E-state index is 12.9. The van der Waals surface area contributed by atoms with Crippen LogP contribution in [-0.2, 0) is 16.1 Å². The maximum atomic E-state index is 12.9. The van der Waals surface area contributed by atoms with Gasteiger partial charge in [-0.3, -0.25) is 24.5 Å². The Kier molecular flexibility index (Phi) is 5.55. The number of carbonyl (C=O) groups is 3. The van der Waals surface area contributed by atoms with Crippen molar-refractivity contribution < 1.29 is 19.5 Å². The second-order valence-electron chi connectivity index (χ2n) is 8.66. The number of benzene rings is 2. The molecule has 2 heterocycles. The minimum atomic E-state index is -1.03. The van der Waals surface area contributed by atoms with E-state index in [1.54, 1.807) is 24.3 Å². The first-order chi connectivity index (χ1) is 16.0. The molecule has 2 aliphatic rings. The van der Waals surface area contributed by atoms with Crippen molar-refractivity contribution >= 4 is 34.4 Å². The van der Waals surface area contributed by atoms with E-state index in [0.29, 0.717) is 16.6 Å². The molecule has 0 bridgehead atoms. The number of amides is 2. The van der Waals surface area contributed by atoms with Gasteiger partial charge >= 0.3 is 5.97 Å². The largest absolute Gasteiger partial charge is 0.480 e. The van der Waals surface area contributed by atoms with E-state index in [1.165, 1.54) is 4.68 Å². The zero-order valence-electron chi connectivity index (χ0n) is 18.0. The average Bonchev–Trinajstić information content (AvgIpc) is 3.18. The van der Waals surface area contributed by atoms with Crippen LogP contribution in [0, 0.1) is 11.8 Å². The Labute approximate surface area is 190 Å². The lowest BCUT2D eigenvalue weighted by Crippen LogP contribution is -2.55. The number of hydrogen-bond acceptors (Lipinski definition) is 5. The Balaban J connectivity index is 1.34. The molecule has 5 rings (SSSR count). The summed E-state index contributed by atoms with van der Waals surface area (Å²) < 4.78 is 1.32. The van der Waals surface area contributed by atoms with E-state index in [2.05, 4.69) is 21.3 Å². The number of anilines is 1. The highest BCUT2D eigenvalue weighted by atomic mass is 16.4. The molecule has 1 aromatic heterocycles. The second kappa shape index (κ2) is 8.67. The van der Waals surface area contributed by atoms with Gasteiger partial charge < -0.3 is 10.4 Å². The smallest absolute Gasteiger partial charge is 0.325 e. The van der Waals surface area contributed by atoms with Crippen molar-refractivity contribution in [3.05, 3.63) is 59.8 Å². The molecule has 33 heavy (non-hydrogen) atoms. The van der Waals surface area contributed by atoms with Crippen LogP contribution in [0.2, 0.25) is 0 Å². The summed E-state index contributed by atoms with van der Waals surface area (Å²) in [6.07, 6.45) is 4.15. The fraction of sp³-hybridized carbons (Fsp3) is 0.333. The molecule has 1 saturated heterocycles. The maximum Gasteiger partial charge on any atom is 0.325 e. The number of aromatic nitrogens is 2. The highest BCUT2D eigenvalue weighted by Crippen LogP contribution is 2.40. The number of aliphatic carboxylic acids is 1. The molecule has 2 amide bonds. The molecule has 170 valence electrons. The van der Waals surface area contributed by atoms with Crippen molar-refractivity contribution in [2.24, 2.45) is 11.8 Å². The Morgan fingerprint density at radius 3 is 2.64 bits per heavy atom. The molecule has 0 radical (unpaired) electrons. The van der Waals surface area contributed by atoms with Gasteiger partial charge in [0.15, 0.2) is 5.69 Å². The van der Waals surface area contributed by atoms with Crippen molar-refractivity contribution in [1.29, 1.82) is 0 Å². The third kappa shape index (κ3) is 4.07. The number of carboxylic acids is 1. The standard InChI is InChI=1S/C24H25N5O4/c30-20(31)13-29-19-8-4-3-7-18(19)22(28-29)24(33)25-15-11-9-14(10-12-15)21-16-5-1-2-6-17(16)23(32)27-26-21/h3-4,7-12,16-17,21,26H,1-2,5-6,13H2,(H,25,33)(H,27,32)(H,30,31). The molecule has 3 unspecified atom stereocenters. The number of carboxylic acid groups (broad SMARTS) is 1. The summed E-state index contributed by atoms with van der Waals surface area (Å²) in [4.78, 5) is 36.3. The van der Waals surface area contributed by atoms with E-state index < -0.39 is 11.9 Å². The summed E-state index contributed by atoms with van der Waals surface area (Å²) in [7, 11) is 0. The van der Waals surface area contributed by atoms with Gasteiger partial charge in [-0.05, 0) is 42.5 Å².